The van der Waals surface area contributed by atoms with Crippen LogP contribution in [-0.2, 0) is 20.4 Å². The summed E-state index contributed by atoms with van der Waals surface area (Å²) >= 11 is 0. The minimum absolute atomic E-state index is 0.0155. The summed E-state index contributed by atoms with van der Waals surface area (Å²) in [6.07, 6.45) is 0. The number of nitrogens with two attached hydrogens (primary N) is 1. The zero-order valence-corrected chi connectivity index (χ0v) is 7.47. The molecule has 3 N–H and O–H groups in total. The molecule has 1 amide bonds. The SMILES string of the molecule is CC(CS(=O)CC(=O)O)C(N)=O. The van der Waals surface area contributed by atoms with Gasteiger partial charge in [0.2, 0.25) is 5.91 Å². The van der Waals surface area contributed by atoms with Gasteiger partial charge in [0.15, 0.2) is 0 Å². The first-order valence-corrected chi connectivity index (χ1v) is 4.78. The summed E-state index contributed by atoms with van der Waals surface area (Å²) in [5, 5.41) is 8.23. The van der Waals surface area contributed by atoms with Gasteiger partial charge in [-0.25, -0.2) is 0 Å². The van der Waals surface area contributed by atoms with Gasteiger partial charge in [-0.15, -0.1) is 0 Å². The minimum Gasteiger partial charge on any atom is -0.481 e. The third-order valence-corrected chi connectivity index (χ3v) is 2.65. The van der Waals surface area contributed by atoms with E-state index in [0.29, 0.717) is 0 Å². The molecule has 0 fully saturated rings. The van der Waals surface area contributed by atoms with Crippen molar-refractivity contribution in [2.24, 2.45) is 11.7 Å². The highest BCUT2D eigenvalue weighted by Crippen LogP contribution is 1.96. The standard InChI is InChI=1S/C6H11NO4S/c1-4(6(7)10)2-12(11)3-5(8)9/h4H,2-3H2,1H3,(H2,7,10)(H,8,9). The molecule has 0 aliphatic carbocycles. The van der Waals surface area contributed by atoms with Gasteiger partial charge in [0.1, 0.15) is 5.75 Å². The number of aliphatic carboxylic acids is 1. The summed E-state index contributed by atoms with van der Waals surface area (Å²) in [4.78, 5) is 20.5. The van der Waals surface area contributed by atoms with Crippen molar-refractivity contribution in [2.75, 3.05) is 11.5 Å². The summed E-state index contributed by atoms with van der Waals surface area (Å²) in [6.45, 7) is 1.52. The Morgan fingerprint density at radius 1 is 1.58 bits per heavy atom. The number of hydrogen-bond donors (Lipinski definition) is 2. The zero-order chi connectivity index (χ0) is 9.72. The topological polar surface area (TPSA) is 97.5 Å². The maximum absolute atomic E-state index is 10.9. The maximum atomic E-state index is 10.9. The van der Waals surface area contributed by atoms with Crippen LogP contribution in [0.3, 0.4) is 0 Å². The Kier molecular flexibility index (Phi) is 4.50. The average molecular weight is 193 g/mol. The molecule has 0 aromatic carbocycles. The van der Waals surface area contributed by atoms with Gasteiger partial charge in [-0.1, -0.05) is 6.92 Å². The van der Waals surface area contributed by atoms with Gasteiger partial charge in [-0.3, -0.25) is 13.8 Å². The summed E-state index contributed by atoms with van der Waals surface area (Å²) < 4.78 is 10.9. The van der Waals surface area contributed by atoms with E-state index in [0.717, 1.165) is 0 Å². The molecule has 2 atom stereocenters. The Morgan fingerprint density at radius 3 is 2.42 bits per heavy atom. The van der Waals surface area contributed by atoms with Crippen molar-refractivity contribution in [3.05, 3.63) is 0 Å². The lowest BCUT2D eigenvalue weighted by Gasteiger charge is -2.04. The molecule has 0 spiro atoms. The molecule has 0 aliphatic heterocycles. The van der Waals surface area contributed by atoms with E-state index in [9.17, 15) is 13.8 Å². The highest BCUT2D eigenvalue weighted by molar-refractivity contribution is 7.85. The lowest BCUT2D eigenvalue weighted by Crippen LogP contribution is -2.27. The van der Waals surface area contributed by atoms with Gasteiger partial charge in [-0.2, -0.15) is 0 Å². The molecule has 12 heavy (non-hydrogen) atoms. The molecular formula is C6H11NO4S. The molecule has 0 heterocycles. The van der Waals surface area contributed by atoms with E-state index in [1.165, 1.54) is 6.92 Å². The largest absolute Gasteiger partial charge is 0.481 e. The Balaban J connectivity index is 3.85. The quantitative estimate of drug-likeness (QED) is 0.581. The molecule has 0 aromatic heterocycles. The summed E-state index contributed by atoms with van der Waals surface area (Å²) in [5.41, 5.74) is 4.89. The number of carboxylic acid groups (broad SMARTS) is 1. The second-order valence-electron chi connectivity index (χ2n) is 2.45. The number of primary amides is 1. The van der Waals surface area contributed by atoms with Gasteiger partial charge >= 0.3 is 5.97 Å². The van der Waals surface area contributed by atoms with Crippen LogP contribution in [0, 0.1) is 5.92 Å². The zero-order valence-electron chi connectivity index (χ0n) is 6.65. The van der Waals surface area contributed by atoms with Crippen LogP contribution in [0.2, 0.25) is 0 Å². The van der Waals surface area contributed by atoms with Crippen LogP contribution in [0.4, 0.5) is 0 Å². The molecule has 70 valence electrons. The Hall–Kier alpha value is -0.910. The van der Waals surface area contributed by atoms with Gasteiger partial charge in [-0.05, 0) is 0 Å². The van der Waals surface area contributed by atoms with Crippen molar-refractivity contribution < 1.29 is 18.9 Å². The van der Waals surface area contributed by atoms with Crippen LogP contribution in [0.1, 0.15) is 6.92 Å². The normalized spacial score (nSPS) is 15.1. The van der Waals surface area contributed by atoms with Crippen molar-refractivity contribution in [1.82, 2.24) is 0 Å². The molecule has 2 unspecified atom stereocenters. The van der Waals surface area contributed by atoms with E-state index in [2.05, 4.69) is 0 Å². The van der Waals surface area contributed by atoms with Crippen LogP contribution in [0.15, 0.2) is 0 Å². The predicted octanol–water partition coefficient (Wildman–Crippen LogP) is -1.06. The average Bonchev–Trinajstić information content (AvgIpc) is 1.84. The first kappa shape index (κ1) is 11.1. The van der Waals surface area contributed by atoms with Gasteiger partial charge in [0.25, 0.3) is 0 Å². The van der Waals surface area contributed by atoms with Crippen molar-refractivity contribution in [1.29, 1.82) is 0 Å². The van der Waals surface area contributed by atoms with Crippen LogP contribution in [-0.4, -0.2) is 32.7 Å². The van der Waals surface area contributed by atoms with E-state index in [4.69, 9.17) is 10.8 Å². The van der Waals surface area contributed by atoms with Crippen LogP contribution >= 0.6 is 0 Å². The number of hydrogen-bond acceptors (Lipinski definition) is 3. The third-order valence-electron chi connectivity index (χ3n) is 1.21. The molecule has 6 heteroatoms. The van der Waals surface area contributed by atoms with Crippen molar-refractivity contribution in [2.45, 2.75) is 6.92 Å². The Labute approximate surface area is 72.4 Å². The summed E-state index contributed by atoms with van der Waals surface area (Å²) in [7, 11) is -1.50. The van der Waals surface area contributed by atoms with E-state index in [1.54, 1.807) is 0 Å². The van der Waals surface area contributed by atoms with Gasteiger partial charge in [0, 0.05) is 22.5 Å². The Bertz CT molecular complexity index is 216. The second-order valence-corrected chi connectivity index (χ2v) is 3.95. The van der Waals surface area contributed by atoms with E-state index in [-0.39, 0.29) is 5.75 Å². The first-order valence-electron chi connectivity index (χ1n) is 3.29. The minimum atomic E-state index is -1.50. The van der Waals surface area contributed by atoms with Crippen molar-refractivity contribution in [3.63, 3.8) is 0 Å². The lowest BCUT2D eigenvalue weighted by atomic mass is 10.2. The summed E-state index contributed by atoms with van der Waals surface area (Å²) in [6, 6.07) is 0. The number of amides is 1. The van der Waals surface area contributed by atoms with Crippen LogP contribution in [0.25, 0.3) is 0 Å². The third kappa shape index (κ3) is 4.84. The molecule has 5 nitrogen and oxygen atoms in total. The molecule has 0 rings (SSSR count). The van der Waals surface area contributed by atoms with E-state index < -0.39 is 34.3 Å². The number of rotatable bonds is 5. The molecule has 0 saturated heterocycles. The number of carbonyl (C=O) groups excluding carboxylic acids is 1. The monoisotopic (exact) mass is 193 g/mol. The van der Waals surface area contributed by atoms with Crippen molar-refractivity contribution >= 4 is 22.7 Å². The smallest absolute Gasteiger partial charge is 0.316 e. The van der Waals surface area contributed by atoms with E-state index >= 15 is 0 Å². The fourth-order valence-electron chi connectivity index (χ4n) is 0.558. The fourth-order valence-corrected chi connectivity index (χ4v) is 1.67. The highest BCUT2D eigenvalue weighted by atomic mass is 32.2. The number of carboxylic acids is 1. The second kappa shape index (κ2) is 4.87. The first-order chi connectivity index (χ1) is 5.43. The van der Waals surface area contributed by atoms with Crippen LogP contribution < -0.4 is 5.73 Å². The van der Waals surface area contributed by atoms with Gasteiger partial charge in [0.05, 0.1) is 0 Å². The predicted molar refractivity (Wildman–Crippen MR) is 43.9 cm³/mol. The Morgan fingerprint density at radius 2 is 2.08 bits per heavy atom. The molecular weight excluding hydrogens is 182 g/mol. The molecule has 0 aliphatic rings. The maximum Gasteiger partial charge on any atom is 0.316 e. The number of carbonyl (C=O) groups is 2. The molecule has 0 aromatic rings. The molecule has 0 saturated carbocycles. The van der Waals surface area contributed by atoms with Crippen molar-refractivity contribution in [3.8, 4) is 0 Å². The molecule has 0 radical (unpaired) electrons. The molecule has 0 bridgehead atoms. The van der Waals surface area contributed by atoms with Gasteiger partial charge < -0.3 is 10.8 Å². The van der Waals surface area contributed by atoms with Crippen LogP contribution in [0.5, 0.6) is 0 Å². The summed E-state index contributed by atoms with van der Waals surface area (Å²) in [5.74, 6) is -2.65. The highest BCUT2D eigenvalue weighted by Gasteiger charge is 2.14. The fraction of sp³-hybridized carbons (Fsp3) is 0.667. The van der Waals surface area contributed by atoms with E-state index in [1.807, 2.05) is 0 Å². The lowest BCUT2D eigenvalue weighted by molar-refractivity contribution is -0.134.